The SMILES string of the molecule is CCCC=CC(=O)Oc1ccc(-c2cnc(-c3ccc(OC(=O)C=CCCC)cc3)o2)cc1. The Hall–Kier alpha value is -3.93. The number of aromatic nitrogens is 1. The number of benzene rings is 2. The largest absolute Gasteiger partial charge is 0.436 e. The van der Waals surface area contributed by atoms with E-state index in [0.29, 0.717) is 23.1 Å². The van der Waals surface area contributed by atoms with Crippen LogP contribution in [0.15, 0.2) is 83.4 Å². The van der Waals surface area contributed by atoms with Crippen LogP contribution in [0.3, 0.4) is 0 Å². The molecule has 3 aromatic rings. The molecule has 0 saturated carbocycles. The van der Waals surface area contributed by atoms with E-state index >= 15 is 0 Å². The molecule has 0 N–H and O–H groups in total. The molecule has 170 valence electrons. The lowest BCUT2D eigenvalue weighted by atomic mass is 10.2. The summed E-state index contributed by atoms with van der Waals surface area (Å²) in [4.78, 5) is 27.9. The molecule has 2 aromatic carbocycles. The summed E-state index contributed by atoms with van der Waals surface area (Å²) >= 11 is 0. The van der Waals surface area contributed by atoms with Gasteiger partial charge >= 0.3 is 11.9 Å². The Morgan fingerprint density at radius 3 is 1.76 bits per heavy atom. The molecule has 1 heterocycles. The zero-order valence-electron chi connectivity index (χ0n) is 18.8. The Balaban J connectivity index is 1.61. The molecule has 6 nitrogen and oxygen atoms in total. The number of nitrogens with zero attached hydrogens (tertiary/aromatic N) is 1. The molecule has 0 amide bonds. The maximum atomic E-state index is 11.8. The van der Waals surface area contributed by atoms with Crippen molar-refractivity contribution in [1.29, 1.82) is 0 Å². The lowest BCUT2D eigenvalue weighted by Gasteiger charge is -2.03. The van der Waals surface area contributed by atoms with E-state index < -0.39 is 11.9 Å². The molecule has 3 rings (SSSR count). The second kappa shape index (κ2) is 12.2. The van der Waals surface area contributed by atoms with Crippen molar-refractivity contribution < 1.29 is 23.5 Å². The lowest BCUT2D eigenvalue weighted by Crippen LogP contribution is -2.03. The van der Waals surface area contributed by atoms with E-state index in [0.717, 1.165) is 36.8 Å². The summed E-state index contributed by atoms with van der Waals surface area (Å²) in [5, 5.41) is 0. The van der Waals surface area contributed by atoms with Crippen LogP contribution in [0.1, 0.15) is 39.5 Å². The zero-order valence-corrected chi connectivity index (χ0v) is 18.8. The summed E-state index contributed by atoms with van der Waals surface area (Å²) in [5.74, 6) is 1.14. The maximum absolute atomic E-state index is 11.8. The van der Waals surface area contributed by atoms with E-state index in [1.54, 1.807) is 66.9 Å². The fourth-order valence-corrected chi connectivity index (χ4v) is 2.89. The van der Waals surface area contributed by atoms with Crippen LogP contribution >= 0.6 is 0 Å². The van der Waals surface area contributed by atoms with Crippen LogP contribution in [0.4, 0.5) is 0 Å². The summed E-state index contributed by atoms with van der Waals surface area (Å²) in [6.45, 7) is 4.09. The Morgan fingerprint density at radius 1 is 0.788 bits per heavy atom. The molecule has 0 bridgehead atoms. The van der Waals surface area contributed by atoms with E-state index in [4.69, 9.17) is 13.9 Å². The van der Waals surface area contributed by atoms with Gasteiger partial charge in [0, 0.05) is 23.3 Å². The monoisotopic (exact) mass is 445 g/mol. The highest BCUT2D eigenvalue weighted by atomic mass is 16.5. The normalized spacial score (nSPS) is 11.2. The number of allylic oxidation sites excluding steroid dienone is 2. The van der Waals surface area contributed by atoms with Gasteiger partial charge in [-0.2, -0.15) is 0 Å². The minimum atomic E-state index is -0.402. The molecule has 0 unspecified atom stereocenters. The number of rotatable bonds is 10. The third-order valence-electron chi connectivity index (χ3n) is 4.60. The molecule has 0 fully saturated rings. The second-order valence-electron chi connectivity index (χ2n) is 7.30. The van der Waals surface area contributed by atoms with Gasteiger partial charge in [-0.25, -0.2) is 14.6 Å². The minimum Gasteiger partial charge on any atom is -0.436 e. The number of hydrogen-bond donors (Lipinski definition) is 0. The Labute approximate surface area is 193 Å². The van der Waals surface area contributed by atoms with Crippen molar-refractivity contribution in [2.45, 2.75) is 39.5 Å². The predicted molar refractivity (Wildman–Crippen MR) is 127 cm³/mol. The number of carbonyl (C=O) groups excluding carboxylic acids is 2. The van der Waals surface area contributed by atoms with Crippen molar-refractivity contribution in [2.75, 3.05) is 0 Å². The van der Waals surface area contributed by atoms with Crippen molar-refractivity contribution >= 4 is 11.9 Å². The topological polar surface area (TPSA) is 78.6 Å². The standard InChI is InChI=1S/C27H27NO5/c1-3-5-7-9-25(29)31-22-15-11-20(12-16-22)24-19-28-27(33-24)21-13-17-23(18-14-21)32-26(30)10-8-6-4-2/h7-19H,3-6H2,1-2H3. The number of oxazole rings is 1. The van der Waals surface area contributed by atoms with Crippen LogP contribution in [0.2, 0.25) is 0 Å². The highest BCUT2D eigenvalue weighted by Gasteiger charge is 2.10. The van der Waals surface area contributed by atoms with Crippen molar-refractivity contribution in [3.63, 3.8) is 0 Å². The third kappa shape index (κ3) is 7.31. The molecule has 0 saturated heterocycles. The van der Waals surface area contributed by atoms with Crippen LogP contribution < -0.4 is 9.47 Å². The second-order valence-corrected chi connectivity index (χ2v) is 7.30. The van der Waals surface area contributed by atoms with Gasteiger partial charge < -0.3 is 13.9 Å². The predicted octanol–water partition coefficient (Wildman–Crippen LogP) is 6.53. The van der Waals surface area contributed by atoms with Gasteiger partial charge in [-0.15, -0.1) is 0 Å². The number of ether oxygens (including phenoxy) is 2. The van der Waals surface area contributed by atoms with Crippen LogP contribution in [-0.4, -0.2) is 16.9 Å². The van der Waals surface area contributed by atoms with Gasteiger partial charge in [-0.3, -0.25) is 0 Å². The van der Waals surface area contributed by atoms with Crippen molar-refractivity contribution in [1.82, 2.24) is 4.98 Å². The maximum Gasteiger partial charge on any atom is 0.335 e. The quantitative estimate of drug-likeness (QED) is 0.200. The van der Waals surface area contributed by atoms with Crippen molar-refractivity contribution in [3.8, 4) is 34.3 Å². The molecular weight excluding hydrogens is 418 g/mol. The van der Waals surface area contributed by atoms with E-state index in [-0.39, 0.29) is 0 Å². The van der Waals surface area contributed by atoms with E-state index in [2.05, 4.69) is 4.98 Å². The van der Waals surface area contributed by atoms with Crippen LogP contribution in [0.5, 0.6) is 11.5 Å². The molecule has 1 aromatic heterocycles. The van der Waals surface area contributed by atoms with E-state index in [1.165, 1.54) is 12.2 Å². The molecule has 0 spiro atoms. The Bertz CT molecular complexity index is 1020. The molecule has 33 heavy (non-hydrogen) atoms. The molecule has 0 aliphatic rings. The summed E-state index contributed by atoms with van der Waals surface area (Å²) < 4.78 is 16.4. The molecule has 0 aliphatic heterocycles. The summed E-state index contributed by atoms with van der Waals surface area (Å²) in [6, 6.07) is 14.0. The third-order valence-corrected chi connectivity index (χ3v) is 4.60. The lowest BCUT2D eigenvalue weighted by molar-refractivity contribution is -0.129. The minimum absolute atomic E-state index is 0.399. The molecular formula is C27H27NO5. The number of esters is 2. The van der Waals surface area contributed by atoms with Gasteiger partial charge in [0.25, 0.3) is 0 Å². The molecule has 0 atom stereocenters. The summed E-state index contributed by atoms with van der Waals surface area (Å²) in [5.41, 5.74) is 1.56. The smallest absolute Gasteiger partial charge is 0.335 e. The number of unbranched alkanes of at least 4 members (excludes halogenated alkanes) is 2. The average molecular weight is 446 g/mol. The van der Waals surface area contributed by atoms with E-state index in [1.807, 2.05) is 13.8 Å². The molecule has 6 heteroatoms. The average Bonchev–Trinajstić information content (AvgIpc) is 3.31. The molecule has 0 radical (unpaired) electrons. The molecule has 0 aliphatic carbocycles. The summed E-state index contributed by atoms with van der Waals surface area (Å²) in [6.07, 6.45) is 11.7. The Morgan fingerprint density at radius 2 is 1.27 bits per heavy atom. The van der Waals surface area contributed by atoms with E-state index in [9.17, 15) is 9.59 Å². The summed E-state index contributed by atoms with van der Waals surface area (Å²) in [7, 11) is 0. The fourth-order valence-electron chi connectivity index (χ4n) is 2.89. The van der Waals surface area contributed by atoms with Crippen molar-refractivity contribution in [2.24, 2.45) is 0 Å². The number of carbonyl (C=O) groups is 2. The van der Waals surface area contributed by atoms with Gasteiger partial charge in [0.2, 0.25) is 5.89 Å². The first-order valence-corrected chi connectivity index (χ1v) is 11.0. The van der Waals surface area contributed by atoms with Crippen molar-refractivity contribution in [3.05, 3.63) is 79.0 Å². The van der Waals surface area contributed by atoms with Crippen LogP contribution in [0, 0.1) is 0 Å². The van der Waals surface area contributed by atoms with Crippen LogP contribution in [0.25, 0.3) is 22.8 Å². The first-order chi connectivity index (χ1) is 16.1. The zero-order chi connectivity index (χ0) is 23.5. The van der Waals surface area contributed by atoms with Gasteiger partial charge in [0.1, 0.15) is 11.5 Å². The van der Waals surface area contributed by atoms with Crippen LogP contribution in [-0.2, 0) is 9.59 Å². The van der Waals surface area contributed by atoms with Gasteiger partial charge in [-0.05, 0) is 61.4 Å². The highest BCUT2D eigenvalue weighted by Crippen LogP contribution is 2.28. The number of hydrogen-bond acceptors (Lipinski definition) is 6. The van der Waals surface area contributed by atoms with Gasteiger partial charge in [0.05, 0.1) is 6.20 Å². The fraction of sp³-hybridized carbons (Fsp3) is 0.222. The van der Waals surface area contributed by atoms with Gasteiger partial charge in [0.15, 0.2) is 5.76 Å². The first-order valence-electron chi connectivity index (χ1n) is 11.0. The van der Waals surface area contributed by atoms with Gasteiger partial charge in [-0.1, -0.05) is 38.8 Å². The Kier molecular flexibility index (Phi) is 8.77. The first kappa shape index (κ1) is 23.7. The highest BCUT2D eigenvalue weighted by molar-refractivity contribution is 5.84.